The summed E-state index contributed by atoms with van der Waals surface area (Å²) in [5.74, 6) is 1.76. The Morgan fingerprint density at radius 3 is 2.90 bits per heavy atom. The van der Waals surface area contributed by atoms with Gasteiger partial charge >= 0.3 is 0 Å². The van der Waals surface area contributed by atoms with Crippen molar-refractivity contribution in [3.8, 4) is 5.75 Å². The molecular formula is C18H29NO. The molecule has 2 atom stereocenters. The lowest BCUT2D eigenvalue weighted by Crippen LogP contribution is -2.29. The second-order valence-corrected chi connectivity index (χ2v) is 5.94. The van der Waals surface area contributed by atoms with Gasteiger partial charge in [-0.25, -0.2) is 0 Å². The van der Waals surface area contributed by atoms with E-state index in [4.69, 9.17) is 4.74 Å². The fourth-order valence-electron chi connectivity index (χ4n) is 3.20. The number of ether oxygens (including phenoxy) is 1. The SMILES string of the molecule is CCCCCCC(CC1CCOc2ccccc21)NC. The van der Waals surface area contributed by atoms with Crippen LogP contribution in [0.15, 0.2) is 24.3 Å². The van der Waals surface area contributed by atoms with E-state index in [0.29, 0.717) is 12.0 Å². The highest BCUT2D eigenvalue weighted by atomic mass is 16.5. The highest BCUT2D eigenvalue weighted by Gasteiger charge is 2.23. The number of unbranched alkanes of at least 4 members (excludes halogenated alkanes) is 3. The molecule has 1 aliphatic rings. The van der Waals surface area contributed by atoms with Crippen LogP contribution in [0.3, 0.4) is 0 Å². The van der Waals surface area contributed by atoms with Crippen LogP contribution in [0.2, 0.25) is 0 Å². The predicted molar refractivity (Wildman–Crippen MR) is 85.5 cm³/mol. The molecule has 0 fully saturated rings. The molecular weight excluding hydrogens is 246 g/mol. The molecule has 0 saturated heterocycles. The fourth-order valence-corrected chi connectivity index (χ4v) is 3.20. The van der Waals surface area contributed by atoms with Gasteiger partial charge in [0.25, 0.3) is 0 Å². The standard InChI is InChI=1S/C18H29NO/c1-3-4-5-6-9-16(19-2)14-15-12-13-20-18-11-8-7-10-17(15)18/h7-8,10-11,15-16,19H,3-6,9,12-14H2,1-2H3. The summed E-state index contributed by atoms with van der Waals surface area (Å²) < 4.78 is 5.76. The van der Waals surface area contributed by atoms with E-state index in [0.717, 1.165) is 18.8 Å². The van der Waals surface area contributed by atoms with E-state index in [2.05, 4.69) is 43.6 Å². The van der Waals surface area contributed by atoms with Gasteiger partial charge < -0.3 is 10.1 Å². The van der Waals surface area contributed by atoms with Gasteiger partial charge in [0.2, 0.25) is 0 Å². The van der Waals surface area contributed by atoms with Crippen LogP contribution in [0, 0.1) is 0 Å². The minimum Gasteiger partial charge on any atom is -0.493 e. The molecule has 0 radical (unpaired) electrons. The smallest absolute Gasteiger partial charge is 0.122 e. The second-order valence-electron chi connectivity index (χ2n) is 5.94. The van der Waals surface area contributed by atoms with Gasteiger partial charge in [-0.15, -0.1) is 0 Å². The van der Waals surface area contributed by atoms with Gasteiger partial charge in [0.1, 0.15) is 5.75 Å². The van der Waals surface area contributed by atoms with Gasteiger partial charge in [0.05, 0.1) is 6.61 Å². The van der Waals surface area contributed by atoms with Crippen molar-refractivity contribution in [3.63, 3.8) is 0 Å². The topological polar surface area (TPSA) is 21.3 Å². The molecule has 1 heterocycles. The van der Waals surface area contributed by atoms with Gasteiger partial charge in [-0.3, -0.25) is 0 Å². The summed E-state index contributed by atoms with van der Waals surface area (Å²) in [6.45, 7) is 3.14. The van der Waals surface area contributed by atoms with Gasteiger partial charge in [-0.05, 0) is 43.9 Å². The van der Waals surface area contributed by atoms with Crippen LogP contribution in [0.4, 0.5) is 0 Å². The number of hydrogen-bond donors (Lipinski definition) is 1. The van der Waals surface area contributed by atoms with E-state index in [1.54, 1.807) is 0 Å². The first-order valence-electron chi connectivity index (χ1n) is 8.24. The summed E-state index contributed by atoms with van der Waals surface area (Å²) in [6.07, 6.45) is 9.11. The third-order valence-electron chi connectivity index (χ3n) is 4.47. The molecule has 0 aliphatic carbocycles. The lowest BCUT2D eigenvalue weighted by atomic mass is 9.86. The first-order chi connectivity index (χ1) is 9.85. The van der Waals surface area contributed by atoms with Crippen molar-refractivity contribution in [3.05, 3.63) is 29.8 Å². The largest absolute Gasteiger partial charge is 0.493 e. The van der Waals surface area contributed by atoms with Crippen molar-refractivity contribution in [1.29, 1.82) is 0 Å². The minimum atomic E-state index is 0.642. The highest BCUT2D eigenvalue weighted by molar-refractivity contribution is 5.37. The average Bonchev–Trinajstić information content (AvgIpc) is 2.50. The van der Waals surface area contributed by atoms with Crippen molar-refractivity contribution in [2.75, 3.05) is 13.7 Å². The van der Waals surface area contributed by atoms with Crippen molar-refractivity contribution >= 4 is 0 Å². The lowest BCUT2D eigenvalue weighted by molar-refractivity contribution is 0.254. The van der Waals surface area contributed by atoms with Crippen molar-refractivity contribution < 1.29 is 4.74 Å². The summed E-state index contributed by atoms with van der Waals surface area (Å²) in [5, 5.41) is 3.52. The van der Waals surface area contributed by atoms with E-state index >= 15 is 0 Å². The zero-order valence-corrected chi connectivity index (χ0v) is 13.0. The van der Waals surface area contributed by atoms with Crippen LogP contribution in [-0.2, 0) is 0 Å². The molecule has 0 spiro atoms. The van der Waals surface area contributed by atoms with Gasteiger partial charge in [-0.1, -0.05) is 50.8 Å². The normalized spacial score (nSPS) is 19.2. The summed E-state index contributed by atoms with van der Waals surface area (Å²) >= 11 is 0. The molecule has 2 unspecified atom stereocenters. The van der Waals surface area contributed by atoms with Crippen LogP contribution in [-0.4, -0.2) is 19.7 Å². The van der Waals surface area contributed by atoms with Crippen molar-refractivity contribution in [2.45, 2.75) is 63.8 Å². The summed E-state index contributed by atoms with van der Waals surface area (Å²) in [4.78, 5) is 0. The molecule has 20 heavy (non-hydrogen) atoms. The molecule has 1 N–H and O–H groups in total. The monoisotopic (exact) mass is 275 g/mol. The molecule has 0 bridgehead atoms. The molecule has 1 aromatic carbocycles. The van der Waals surface area contributed by atoms with Crippen LogP contribution in [0.25, 0.3) is 0 Å². The number of rotatable bonds is 8. The average molecular weight is 275 g/mol. The molecule has 1 aromatic rings. The molecule has 2 nitrogen and oxygen atoms in total. The maximum atomic E-state index is 5.76. The fraction of sp³-hybridized carbons (Fsp3) is 0.667. The van der Waals surface area contributed by atoms with Crippen LogP contribution in [0.5, 0.6) is 5.75 Å². The molecule has 2 heteroatoms. The number of nitrogens with one attached hydrogen (secondary N) is 1. The number of hydrogen-bond acceptors (Lipinski definition) is 2. The first-order valence-corrected chi connectivity index (χ1v) is 8.24. The van der Waals surface area contributed by atoms with Gasteiger partial charge in [-0.2, -0.15) is 0 Å². The Hall–Kier alpha value is -1.02. The van der Waals surface area contributed by atoms with Gasteiger partial charge in [0, 0.05) is 6.04 Å². The quantitative estimate of drug-likeness (QED) is 0.705. The third-order valence-corrected chi connectivity index (χ3v) is 4.47. The summed E-state index contributed by atoms with van der Waals surface area (Å²) in [7, 11) is 2.11. The number of fused-ring (bicyclic) bond motifs is 1. The number of benzene rings is 1. The maximum Gasteiger partial charge on any atom is 0.122 e. The molecule has 0 saturated carbocycles. The summed E-state index contributed by atoms with van der Waals surface area (Å²) in [6, 6.07) is 9.19. The Morgan fingerprint density at radius 1 is 1.25 bits per heavy atom. The predicted octanol–water partition coefficient (Wildman–Crippen LogP) is 4.50. The third kappa shape index (κ3) is 4.24. The van der Waals surface area contributed by atoms with E-state index < -0.39 is 0 Å². The van der Waals surface area contributed by atoms with E-state index in [-0.39, 0.29) is 0 Å². The van der Waals surface area contributed by atoms with Crippen molar-refractivity contribution in [1.82, 2.24) is 5.32 Å². The zero-order valence-electron chi connectivity index (χ0n) is 13.0. The second kappa shape index (κ2) is 8.31. The Morgan fingerprint density at radius 2 is 2.10 bits per heavy atom. The van der Waals surface area contributed by atoms with E-state index in [1.165, 1.54) is 44.1 Å². The highest BCUT2D eigenvalue weighted by Crippen LogP contribution is 2.36. The molecule has 1 aliphatic heterocycles. The molecule has 2 rings (SSSR count). The molecule has 0 aromatic heterocycles. The number of para-hydroxylation sites is 1. The summed E-state index contributed by atoms with van der Waals surface area (Å²) in [5.41, 5.74) is 1.41. The molecule has 112 valence electrons. The molecule has 0 amide bonds. The minimum absolute atomic E-state index is 0.642. The Balaban J connectivity index is 1.88. The lowest BCUT2D eigenvalue weighted by Gasteiger charge is -2.29. The van der Waals surface area contributed by atoms with Crippen LogP contribution < -0.4 is 10.1 Å². The Labute approximate surface area is 123 Å². The maximum absolute atomic E-state index is 5.76. The zero-order chi connectivity index (χ0) is 14.2. The Bertz CT molecular complexity index is 391. The van der Waals surface area contributed by atoms with E-state index in [9.17, 15) is 0 Å². The van der Waals surface area contributed by atoms with Gasteiger partial charge in [0.15, 0.2) is 0 Å². The van der Waals surface area contributed by atoms with Crippen LogP contribution in [0.1, 0.15) is 63.4 Å². The first kappa shape index (κ1) is 15.4. The van der Waals surface area contributed by atoms with Crippen LogP contribution >= 0.6 is 0 Å². The van der Waals surface area contributed by atoms with E-state index in [1.807, 2.05) is 0 Å². The Kier molecular flexibility index (Phi) is 6.38. The van der Waals surface area contributed by atoms with Crippen molar-refractivity contribution in [2.24, 2.45) is 0 Å².